The summed E-state index contributed by atoms with van der Waals surface area (Å²) in [4.78, 5) is 12.8. The number of benzene rings is 3. The third-order valence-corrected chi connectivity index (χ3v) is 6.31. The van der Waals surface area contributed by atoms with Crippen molar-refractivity contribution >= 4 is 38.9 Å². The first-order valence-corrected chi connectivity index (χ1v) is 11.0. The zero-order chi connectivity index (χ0) is 22.6. The summed E-state index contributed by atoms with van der Waals surface area (Å²) in [6, 6.07) is 15.7. The first kappa shape index (κ1) is 22.5. The molecule has 0 spiro atoms. The standard InChI is InChI=1S/C22H21ClN2O5S/c1-14-7-8-16(13-18(14)23)25-31(27,28)17-11-9-15(10-12-17)24-22(26)21-19(29-2)5-4-6-20(21)30-3/h4-13,25H,1-3H3,(H,24,26). The minimum Gasteiger partial charge on any atom is -0.496 e. The molecule has 0 aliphatic carbocycles. The highest BCUT2D eigenvalue weighted by Crippen LogP contribution is 2.29. The molecule has 0 atom stereocenters. The van der Waals surface area contributed by atoms with Gasteiger partial charge in [0.05, 0.1) is 24.8 Å². The molecule has 3 aromatic rings. The van der Waals surface area contributed by atoms with Crippen LogP contribution in [0.25, 0.3) is 0 Å². The number of nitrogens with one attached hydrogen (secondary N) is 2. The molecule has 162 valence electrons. The van der Waals surface area contributed by atoms with Crippen LogP contribution in [0.4, 0.5) is 11.4 Å². The molecule has 3 rings (SSSR count). The van der Waals surface area contributed by atoms with Crippen molar-refractivity contribution in [2.24, 2.45) is 0 Å². The summed E-state index contributed by atoms with van der Waals surface area (Å²) in [7, 11) is -0.907. The van der Waals surface area contributed by atoms with Gasteiger partial charge < -0.3 is 14.8 Å². The summed E-state index contributed by atoms with van der Waals surface area (Å²) in [5.74, 6) is 0.270. The van der Waals surface area contributed by atoms with Crippen molar-refractivity contribution in [1.82, 2.24) is 0 Å². The van der Waals surface area contributed by atoms with Gasteiger partial charge in [0.15, 0.2) is 0 Å². The zero-order valence-electron chi connectivity index (χ0n) is 17.1. The SMILES string of the molecule is COc1cccc(OC)c1C(=O)Nc1ccc(S(=O)(=O)Nc2ccc(C)c(Cl)c2)cc1. The van der Waals surface area contributed by atoms with Crippen molar-refractivity contribution in [3.8, 4) is 11.5 Å². The van der Waals surface area contributed by atoms with E-state index < -0.39 is 15.9 Å². The van der Waals surface area contributed by atoms with E-state index >= 15 is 0 Å². The Hall–Kier alpha value is -3.23. The van der Waals surface area contributed by atoms with E-state index in [1.165, 1.54) is 38.5 Å². The summed E-state index contributed by atoms with van der Waals surface area (Å²) in [5, 5.41) is 3.18. The molecule has 0 radical (unpaired) electrons. The molecule has 0 unspecified atom stereocenters. The summed E-state index contributed by atoms with van der Waals surface area (Å²) >= 11 is 6.06. The Bertz CT molecular complexity index is 1190. The van der Waals surface area contributed by atoms with Crippen molar-refractivity contribution in [2.75, 3.05) is 24.3 Å². The van der Waals surface area contributed by atoms with Crippen molar-refractivity contribution in [2.45, 2.75) is 11.8 Å². The van der Waals surface area contributed by atoms with E-state index in [-0.39, 0.29) is 10.5 Å². The van der Waals surface area contributed by atoms with Crippen LogP contribution < -0.4 is 19.5 Å². The number of hydrogen-bond acceptors (Lipinski definition) is 5. The largest absolute Gasteiger partial charge is 0.496 e. The van der Waals surface area contributed by atoms with E-state index in [1.807, 2.05) is 6.92 Å². The first-order valence-electron chi connectivity index (χ1n) is 9.16. The van der Waals surface area contributed by atoms with Gasteiger partial charge in [-0.3, -0.25) is 9.52 Å². The van der Waals surface area contributed by atoms with Gasteiger partial charge in [-0.1, -0.05) is 23.7 Å². The quantitative estimate of drug-likeness (QED) is 0.532. The molecule has 0 saturated carbocycles. The smallest absolute Gasteiger partial charge is 0.263 e. The molecule has 0 aliphatic heterocycles. The highest BCUT2D eigenvalue weighted by molar-refractivity contribution is 7.92. The van der Waals surface area contributed by atoms with Crippen LogP contribution in [-0.4, -0.2) is 28.5 Å². The minimum atomic E-state index is -3.82. The Balaban J connectivity index is 1.79. The van der Waals surface area contributed by atoms with Gasteiger partial charge in [0.1, 0.15) is 17.1 Å². The molecule has 0 aromatic heterocycles. The Morgan fingerprint density at radius 1 is 0.903 bits per heavy atom. The Labute approximate surface area is 186 Å². The summed E-state index contributed by atoms with van der Waals surface area (Å²) in [6.07, 6.45) is 0. The topological polar surface area (TPSA) is 93.7 Å². The Morgan fingerprint density at radius 2 is 1.48 bits per heavy atom. The monoisotopic (exact) mass is 460 g/mol. The third kappa shape index (κ3) is 5.10. The van der Waals surface area contributed by atoms with Gasteiger partial charge in [0.25, 0.3) is 15.9 Å². The summed E-state index contributed by atoms with van der Waals surface area (Å²) in [6.45, 7) is 1.83. The van der Waals surface area contributed by atoms with Gasteiger partial charge in [-0.25, -0.2) is 8.42 Å². The zero-order valence-corrected chi connectivity index (χ0v) is 18.7. The number of hydrogen-bond donors (Lipinski definition) is 2. The molecule has 9 heteroatoms. The van der Waals surface area contributed by atoms with Crippen LogP contribution in [0.15, 0.2) is 65.6 Å². The first-order chi connectivity index (χ1) is 14.7. The molecule has 0 heterocycles. The van der Waals surface area contributed by atoms with Gasteiger partial charge in [-0.05, 0) is 61.0 Å². The predicted octanol–water partition coefficient (Wildman–Crippen LogP) is 4.72. The number of methoxy groups -OCH3 is 2. The molecule has 2 N–H and O–H groups in total. The van der Waals surface area contributed by atoms with Gasteiger partial charge in [0, 0.05) is 10.7 Å². The normalized spacial score (nSPS) is 11.0. The van der Waals surface area contributed by atoms with Crippen LogP contribution in [0.3, 0.4) is 0 Å². The highest BCUT2D eigenvalue weighted by Gasteiger charge is 2.19. The molecular weight excluding hydrogens is 440 g/mol. The van der Waals surface area contributed by atoms with Crippen LogP contribution >= 0.6 is 11.6 Å². The fourth-order valence-electron chi connectivity index (χ4n) is 2.86. The van der Waals surface area contributed by atoms with E-state index in [2.05, 4.69) is 10.0 Å². The van der Waals surface area contributed by atoms with Crippen molar-refractivity contribution in [3.63, 3.8) is 0 Å². The summed E-state index contributed by atoms with van der Waals surface area (Å²) in [5.41, 5.74) is 1.85. The maximum absolute atomic E-state index is 12.7. The van der Waals surface area contributed by atoms with E-state index in [0.29, 0.717) is 27.9 Å². The fourth-order valence-corrected chi connectivity index (χ4v) is 4.09. The second-order valence-corrected chi connectivity index (χ2v) is 8.68. The number of carbonyl (C=O) groups is 1. The molecule has 0 aliphatic rings. The van der Waals surface area contributed by atoms with Crippen molar-refractivity contribution in [3.05, 3.63) is 76.8 Å². The molecular formula is C22H21ClN2O5S. The maximum Gasteiger partial charge on any atom is 0.263 e. The van der Waals surface area contributed by atoms with Crippen LogP contribution in [-0.2, 0) is 10.0 Å². The average molecular weight is 461 g/mol. The minimum absolute atomic E-state index is 0.0390. The van der Waals surface area contributed by atoms with E-state index in [9.17, 15) is 13.2 Å². The predicted molar refractivity (Wildman–Crippen MR) is 121 cm³/mol. The van der Waals surface area contributed by atoms with Crippen LogP contribution in [0.5, 0.6) is 11.5 Å². The van der Waals surface area contributed by atoms with E-state index in [1.54, 1.807) is 36.4 Å². The molecule has 0 saturated heterocycles. The lowest BCUT2D eigenvalue weighted by atomic mass is 10.1. The number of aryl methyl sites for hydroxylation is 1. The molecule has 0 fully saturated rings. The molecule has 0 bridgehead atoms. The van der Waals surface area contributed by atoms with Crippen molar-refractivity contribution < 1.29 is 22.7 Å². The van der Waals surface area contributed by atoms with Crippen LogP contribution in [0.2, 0.25) is 5.02 Å². The van der Waals surface area contributed by atoms with E-state index in [4.69, 9.17) is 21.1 Å². The second kappa shape index (κ2) is 9.28. The van der Waals surface area contributed by atoms with E-state index in [0.717, 1.165) is 5.56 Å². The molecule has 7 nitrogen and oxygen atoms in total. The average Bonchev–Trinajstić information content (AvgIpc) is 2.75. The van der Waals surface area contributed by atoms with Crippen molar-refractivity contribution in [1.29, 1.82) is 0 Å². The number of rotatable bonds is 7. The van der Waals surface area contributed by atoms with Crippen LogP contribution in [0, 0.1) is 6.92 Å². The van der Waals surface area contributed by atoms with Crippen LogP contribution in [0.1, 0.15) is 15.9 Å². The number of anilines is 2. The Kier molecular flexibility index (Phi) is 6.72. The lowest BCUT2D eigenvalue weighted by Gasteiger charge is -2.13. The fraction of sp³-hybridized carbons (Fsp3) is 0.136. The van der Waals surface area contributed by atoms with Gasteiger partial charge in [-0.2, -0.15) is 0 Å². The second-order valence-electron chi connectivity index (χ2n) is 6.59. The number of sulfonamides is 1. The Morgan fingerprint density at radius 3 is 2.03 bits per heavy atom. The molecule has 31 heavy (non-hydrogen) atoms. The number of amides is 1. The number of halogens is 1. The lowest BCUT2D eigenvalue weighted by molar-refractivity contribution is 0.102. The lowest BCUT2D eigenvalue weighted by Crippen LogP contribution is -2.15. The van der Waals surface area contributed by atoms with Gasteiger partial charge >= 0.3 is 0 Å². The highest BCUT2D eigenvalue weighted by atomic mass is 35.5. The number of ether oxygens (including phenoxy) is 2. The number of carbonyl (C=O) groups excluding carboxylic acids is 1. The molecule has 1 amide bonds. The maximum atomic E-state index is 12.7. The third-order valence-electron chi connectivity index (χ3n) is 4.50. The van der Waals surface area contributed by atoms with Gasteiger partial charge in [0.2, 0.25) is 0 Å². The van der Waals surface area contributed by atoms with Gasteiger partial charge in [-0.15, -0.1) is 0 Å². The summed E-state index contributed by atoms with van der Waals surface area (Å²) < 4.78 is 38.3. The molecule has 3 aromatic carbocycles.